The Bertz CT molecular complexity index is 1210. The van der Waals surface area contributed by atoms with Crippen molar-refractivity contribution in [1.29, 1.82) is 0 Å². The number of aliphatic hydroxyl groups excluding tert-OH is 5. The normalized spacial score (nSPS) is 55.7. The number of hydrogen-bond acceptors (Lipinski definition) is 9. The van der Waals surface area contributed by atoms with Crippen molar-refractivity contribution in [2.45, 2.75) is 149 Å². The molecule has 2 unspecified atom stereocenters. The van der Waals surface area contributed by atoms with Crippen molar-refractivity contribution in [3.8, 4) is 0 Å². The molecule has 1 saturated heterocycles. The number of fused-ring (bicyclic) bond motifs is 7. The molecule has 6 N–H and O–H groups in total. The standard InChI is InChI=1S/C36H58O9/c1-19-10-15-36(30(42)45-29-27(41)26(40)25(39)21(18-37)44-29)17-16-33(5)20(28(36)35(19,7)43)8-9-23-32(4)13-12-24(38)31(2,3)22(32)11-14-34(23,33)6/h8,19,21-29,37-41,43H,9-18H2,1-7H3/t19-,21-,22?,23?,24-,25-,26+,27-,28-,29+,32+,33-,34-,35-,36+/m1/s1. The van der Waals surface area contributed by atoms with Gasteiger partial charge >= 0.3 is 5.97 Å². The molecule has 45 heavy (non-hydrogen) atoms. The highest BCUT2D eigenvalue weighted by Gasteiger charge is 2.71. The van der Waals surface area contributed by atoms with E-state index in [0.717, 1.165) is 44.1 Å². The molecule has 9 nitrogen and oxygen atoms in total. The summed E-state index contributed by atoms with van der Waals surface area (Å²) < 4.78 is 11.5. The summed E-state index contributed by atoms with van der Waals surface area (Å²) in [6.07, 6.45) is 1.59. The first kappa shape index (κ1) is 33.8. The fourth-order valence-electron chi connectivity index (χ4n) is 12.2. The number of esters is 1. The van der Waals surface area contributed by atoms with Crippen molar-refractivity contribution < 1.29 is 44.9 Å². The number of carbonyl (C=O) groups excluding carboxylic acids is 1. The molecule has 0 aromatic heterocycles. The Hall–Kier alpha value is -1.07. The minimum atomic E-state index is -1.68. The maximum Gasteiger partial charge on any atom is 0.315 e. The van der Waals surface area contributed by atoms with E-state index in [0.29, 0.717) is 31.1 Å². The molecule has 1 heterocycles. The lowest BCUT2D eigenvalue weighted by molar-refractivity contribution is -0.299. The molecular formula is C36H58O9. The number of hydrogen-bond donors (Lipinski definition) is 6. The smallest absolute Gasteiger partial charge is 0.315 e. The van der Waals surface area contributed by atoms with Gasteiger partial charge in [0, 0.05) is 5.92 Å². The Kier molecular flexibility index (Phi) is 8.05. The zero-order valence-corrected chi connectivity index (χ0v) is 28.3. The Morgan fingerprint density at radius 3 is 2.24 bits per heavy atom. The molecule has 15 atom stereocenters. The first-order chi connectivity index (χ1) is 20.8. The van der Waals surface area contributed by atoms with E-state index in [9.17, 15) is 35.4 Å². The molecule has 6 aliphatic rings. The summed E-state index contributed by atoms with van der Waals surface area (Å²) in [4.78, 5) is 14.4. The number of ether oxygens (including phenoxy) is 2. The van der Waals surface area contributed by atoms with Crippen LogP contribution in [0.2, 0.25) is 0 Å². The van der Waals surface area contributed by atoms with Crippen LogP contribution in [0.25, 0.3) is 0 Å². The van der Waals surface area contributed by atoms with Gasteiger partial charge in [0.25, 0.3) is 0 Å². The average Bonchev–Trinajstić information content (AvgIpc) is 2.97. The second-order valence-corrected chi connectivity index (χ2v) is 17.5. The van der Waals surface area contributed by atoms with Gasteiger partial charge in [-0.3, -0.25) is 4.79 Å². The van der Waals surface area contributed by atoms with Crippen LogP contribution in [0.3, 0.4) is 0 Å². The van der Waals surface area contributed by atoms with Crippen molar-refractivity contribution >= 4 is 5.97 Å². The first-order valence-corrected chi connectivity index (χ1v) is 17.5. The second-order valence-electron chi connectivity index (χ2n) is 17.5. The van der Waals surface area contributed by atoms with Crippen LogP contribution in [-0.2, 0) is 14.3 Å². The summed E-state index contributed by atoms with van der Waals surface area (Å²) in [5, 5.41) is 64.4. The maximum atomic E-state index is 14.4. The van der Waals surface area contributed by atoms with Gasteiger partial charge < -0.3 is 40.1 Å². The maximum absolute atomic E-state index is 14.4. The summed E-state index contributed by atoms with van der Waals surface area (Å²) in [6.45, 7) is 15.1. The van der Waals surface area contributed by atoms with Crippen LogP contribution < -0.4 is 0 Å². The molecular weight excluding hydrogens is 576 g/mol. The van der Waals surface area contributed by atoms with Crippen LogP contribution in [0.4, 0.5) is 0 Å². The van der Waals surface area contributed by atoms with E-state index >= 15 is 0 Å². The highest BCUT2D eigenvalue weighted by atomic mass is 16.7. The van der Waals surface area contributed by atoms with Crippen molar-refractivity contribution in [1.82, 2.24) is 0 Å². The molecule has 6 rings (SSSR count). The van der Waals surface area contributed by atoms with E-state index in [1.807, 2.05) is 13.8 Å². The lowest BCUT2D eigenvalue weighted by Gasteiger charge is -2.71. The summed E-state index contributed by atoms with van der Waals surface area (Å²) >= 11 is 0. The lowest BCUT2D eigenvalue weighted by Crippen LogP contribution is -2.68. The fraction of sp³-hybridized carbons (Fsp3) is 0.917. The summed E-state index contributed by atoms with van der Waals surface area (Å²) in [6, 6.07) is 0. The van der Waals surface area contributed by atoms with Gasteiger partial charge in [-0.2, -0.15) is 0 Å². The van der Waals surface area contributed by atoms with Gasteiger partial charge in [0.2, 0.25) is 6.29 Å². The molecule has 4 saturated carbocycles. The molecule has 0 aromatic carbocycles. The molecule has 9 heteroatoms. The van der Waals surface area contributed by atoms with Gasteiger partial charge in [0.15, 0.2) is 0 Å². The molecule has 0 aromatic rings. The highest BCUT2D eigenvalue weighted by Crippen LogP contribution is 2.76. The van der Waals surface area contributed by atoms with Gasteiger partial charge in [-0.25, -0.2) is 0 Å². The van der Waals surface area contributed by atoms with Crippen LogP contribution in [-0.4, -0.2) is 85.6 Å². The van der Waals surface area contributed by atoms with Gasteiger partial charge in [-0.15, -0.1) is 0 Å². The van der Waals surface area contributed by atoms with Crippen molar-refractivity contribution in [3.63, 3.8) is 0 Å². The quantitative estimate of drug-likeness (QED) is 0.202. The predicted molar refractivity (Wildman–Crippen MR) is 166 cm³/mol. The molecule has 5 aliphatic carbocycles. The molecule has 256 valence electrons. The van der Waals surface area contributed by atoms with Gasteiger partial charge in [0.1, 0.15) is 24.4 Å². The SMILES string of the molecule is C[C@@H]1CC[C@]2(C(=O)O[C@@H]3O[C@H](CO)[C@@H](O)[C@H](O)[C@H]3O)CC[C@]3(C)C(=CCC4[C@@]5(C)CC[C@@H](O)C(C)(C)C5CC[C@]43C)[C@@H]2[C@]1(C)O. The number of aliphatic hydroxyl groups is 6. The van der Waals surface area contributed by atoms with Crippen LogP contribution in [0.1, 0.15) is 106 Å². The van der Waals surface area contributed by atoms with Crippen LogP contribution in [0.5, 0.6) is 0 Å². The van der Waals surface area contributed by atoms with E-state index < -0.39 is 60.2 Å². The molecule has 5 fully saturated rings. The van der Waals surface area contributed by atoms with Crippen molar-refractivity contribution in [3.05, 3.63) is 11.6 Å². The lowest BCUT2D eigenvalue weighted by atomic mass is 9.33. The average molecular weight is 635 g/mol. The van der Waals surface area contributed by atoms with Crippen molar-refractivity contribution in [2.24, 2.45) is 50.7 Å². The van der Waals surface area contributed by atoms with E-state index in [-0.39, 0.29) is 33.7 Å². The largest absolute Gasteiger partial charge is 0.432 e. The zero-order chi connectivity index (χ0) is 33.1. The van der Waals surface area contributed by atoms with E-state index in [4.69, 9.17) is 9.47 Å². The van der Waals surface area contributed by atoms with E-state index in [1.54, 1.807) is 0 Å². The first-order valence-electron chi connectivity index (χ1n) is 17.5. The Morgan fingerprint density at radius 2 is 1.58 bits per heavy atom. The predicted octanol–water partition coefficient (Wildman–Crippen LogP) is 3.46. The van der Waals surface area contributed by atoms with Gasteiger partial charge in [0.05, 0.1) is 23.7 Å². The van der Waals surface area contributed by atoms with Crippen LogP contribution >= 0.6 is 0 Å². The number of carbonyl (C=O) groups is 1. The molecule has 0 radical (unpaired) electrons. The number of allylic oxidation sites excluding steroid dienone is 1. The summed E-state index contributed by atoms with van der Waals surface area (Å²) in [7, 11) is 0. The monoisotopic (exact) mass is 634 g/mol. The van der Waals surface area contributed by atoms with E-state index in [1.165, 1.54) is 0 Å². The molecule has 0 amide bonds. The van der Waals surface area contributed by atoms with E-state index in [2.05, 4.69) is 40.7 Å². The molecule has 1 aliphatic heterocycles. The van der Waals surface area contributed by atoms with Gasteiger partial charge in [-0.05, 0) is 104 Å². The fourth-order valence-corrected chi connectivity index (χ4v) is 12.2. The summed E-state index contributed by atoms with van der Waals surface area (Å²) in [5.41, 5.74) is -1.51. The Labute approximate surface area is 268 Å². The minimum Gasteiger partial charge on any atom is -0.432 e. The third kappa shape index (κ3) is 4.39. The highest BCUT2D eigenvalue weighted by molar-refractivity contribution is 5.79. The second kappa shape index (κ2) is 10.7. The third-order valence-electron chi connectivity index (χ3n) is 15.5. The van der Waals surface area contributed by atoms with Crippen LogP contribution in [0.15, 0.2) is 11.6 Å². The van der Waals surface area contributed by atoms with Crippen molar-refractivity contribution in [2.75, 3.05) is 6.61 Å². The Morgan fingerprint density at radius 1 is 0.889 bits per heavy atom. The van der Waals surface area contributed by atoms with Crippen LogP contribution in [0, 0.1) is 50.7 Å². The molecule has 0 bridgehead atoms. The zero-order valence-electron chi connectivity index (χ0n) is 28.3. The molecule has 0 spiro atoms. The Balaban J connectivity index is 1.39. The minimum absolute atomic E-state index is 0.0571. The topological polar surface area (TPSA) is 157 Å². The summed E-state index contributed by atoms with van der Waals surface area (Å²) in [5.74, 6) is -0.308. The third-order valence-corrected chi connectivity index (χ3v) is 15.5. The van der Waals surface area contributed by atoms with Gasteiger partial charge in [-0.1, -0.05) is 53.2 Å². The number of rotatable bonds is 3.